The Morgan fingerprint density at radius 2 is 1.71 bits per heavy atom. The summed E-state index contributed by atoms with van der Waals surface area (Å²) in [6.07, 6.45) is 1.96. The molecule has 0 radical (unpaired) electrons. The van der Waals surface area contributed by atoms with Crippen LogP contribution in [0.2, 0.25) is 0 Å². The molecule has 0 aliphatic rings. The molecule has 0 aliphatic carbocycles. The van der Waals surface area contributed by atoms with Crippen LogP contribution in [0.5, 0.6) is 0 Å². The normalized spacial score (nSPS) is 14.9. The topological polar surface area (TPSA) is 32.3 Å². The van der Waals surface area contributed by atoms with E-state index in [-0.39, 0.29) is 0 Å². The molecule has 0 saturated carbocycles. The third-order valence-electron chi connectivity index (χ3n) is 3.57. The van der Waals surface area contributed by atoms with Gasteiger partial charge < -0.3 is 10.4 Å². The number of hydrogen-bond donors (Lipinski definition) is 2. The molecule has 0 aromatic heterocycles. The van der Waals surface area contributed by atoms with Crippen molar-refractivity contribution in [1.29, 1.82) is 0 Å². The first-order chi connectivity index (χ1) is 8.19. The predicted molar refractivity (Wildman–Crippen MR) is 72.9 cm³/mol. The number of aliphatic hydroxyl groups excluding tert-OH is 1. The van der Waals surface area contributed by atoms with Crippen LogP contribution in [0.25, 0.3) is 0 Å². The highest BCUT2D eigenvalue weighted by Gasteiger charge is 2.14. The highest BCUT2D eigenvalue weighted by atomic mass is 16.3. The van der Waals surface area contributed by atoms with Crippen LogP contribution in [-0.4, -0.2) is 17.7 Å². The maximum absolute atomic E-state index is 10.0. The van der Waals surface area contributed by atoms with Gasteiger partial charge in [0.2, 0.25) is 0 Å². The fourth-order valence-corrected chi connectivity index (χ4v) is 2.25. The molecule has 0 spiro atoms. The minimum absolute atomic E-state index is 0.409. The van der Waals surface area contributed by atoms with Gasteiger partial charge in [0.1, 0.15) is 0 Å². The van der Waals surface area contributed by atoms with E-state index >= 15 is 0 Å². The summed E-state index contributed by atoms with van der Waals surface area (Å²) in [5, 5.41) is 13.5. The van der Waals surface area contributed by atoms with Crippen LogP contribution in [-0.2, 0) is 0 Å². The van der Waals surface area contributed by atoms with E-state index in [1.54, 1.807) is 0 Å². The molecule has 0 saturated heterocycles. The first kappa shape index (κ1) is 14.2. The summed E-state index contributed by atoms with van der Waals surface area (Å²) in [4.78, 5) is 0. The SMILES string of the molecule is CCC(CC)C(C)NCC(O)c1ccccc1. The lowest BCUT2D eigenvalue weighted by molar-refractivity contribution is 0.164. The number of nitrogens with one attached hydrogen (secondary N) is 1. The summed E-state index contributed by atoms with van der Waals surface area (Å²) < 4.78 is 0. The molecule has 1 rings (SSSR count). The second-order valence-electron chi connectivity index (χ2n) is 4.70. The van der Waals surface area contributed by atoms with Crippen molar-refractivity contribution in [2.24, 2.45) is 5.92 Å². The zero-order valence-electron chi connectivity index (χ0n) is 11.2. The van der Waals surface area contributed by atoms with E-state index < -0.39 is 6.10 Å². The second kappa shape index (κ2) is 7.46. The molecule has 1 aromatic rings. The quantitative estimate of drug-likeness (QED) is 0.761. The van der Waals surface area contributed by atoms with E-state index in [0.29, 0.717) is 18.5 Å². The van der Waals surface area contributed by atoms with Crippen LogP contribution in [0, 0.1) is 5.92 Å². The van der Waals surface area contributed by atoms with Crippen molar-refractivity contribution in [3.8, 4) is 0 Å². The molecule has 2 heteroatoms. The molecule has 0 heterocycles. The molecular formula is C15H25NO. The average Bonchev–Trinajstić information content (AvgIpc) is 2.38. The van der Waals surface area contributed by atoms with Gasteiger partial charge in [-0.15, -0.1) is 0 Å². The van der Waals surface area contributed by atoms with Crippen molar-refractivity contribution in [1.82, 2.24) is 5.32 Å². The summed E-state index contributed by atoms with van der Waals surface area (Å²) >= 11 is 0. The molecule has 2 unspecified atom stereocenters. The molecule has 0 aliphatic heterocycles. The smallest absolute Gasteiger partial charge is 0.0914 e. The average molecular weight is 235 g/mol. The lowest BCUT2D eigenvalue weighted by Crippen LogP contribution is -2.35. The van der Waals surface area contributed by atoms with Gasteiger partial charge in [-0.1, -0.05) is 57.0 Å². The maximum Gasteiger partial charge on any atom is 0.0914 e. The van der Waals surface area contributed by atoms with Crippen LogP contribution in [0.1, 0.15) is 45.3 Å². The third-order valence-corrected chi connectivity index (χ3v) is 3.57. The van der Waals surface area contributed by atoms with Crippen LogP contribution < -0.4 is 5.32 Å². The summed E-state index contributed by atoms with van der Waals surface area (Å²) in [5.74, 6) is 0.693. The van der Waals surface area contributed by atoms with Gasteiger partial charge in [-0.3, -0.25) is 0 Å². The Morgan fingerprint density at radius 3 is 2.24 bits per heavy atom. The van der Waals surface area contributed by atoms with Crippen molar-refractivity contribution in [3.63, 3.8) is 0 Å². The fraction of sp³-hybridized carbons (Fsp3) is 0.600. The number of rotatable bonds is 7. The molecule has 2 nitrogen and oxygen atoms in total. The standard InChI is InChI=1S/C15H25NO/c1-4-13(5-2)12(3)16-11-15(17)14-9-7-6-8-10-14/h6-10,12-13,15-17H,4-5,11H2,1-3H3. The molecule has 0 amide bonds. The molecule has 0 bridgehead atoms. The highest BCUT2D eigenvalue weighted by molar-refractivity contribution is 5.17. The summed E-state index contributed by atoms with van der Waals surface area (Å²) in [6, 6.07) is 10.3. The molecular weight excluding hydrogens is 210 g/mol. The van der Waals surface area contributed by atoms with Gasteiger partial charge in [-0.05, 0) is 18.4 Å². The van der Waals surface area contributed by atoms with Gasteiger partial charge in [0.15, 0.2) is 0 Å². The third kappa shape index (κ3) is 4.49. The number of benzene rings is 1. The summed E-state index contributed by atoms with van der Waals surface area (Å²) in [6.45, 7) is 7.27. The Labute approximate surface area is 105 Å². The monoisotopic (exact) mass is 235 g/mol. The van der Waals surface area contributed by atoms with E-state index in [0.717, 1.165) is 5.56 Å². The van der Waals surface area contributed by atoms with E-state index in [9.17, 15) is 5.11 Å². The van der Waals surface area contributed by atoms with Crippen molar-refractivity contribution in [2.75, 3.05) is 6.54 Å². The molecule has 0 fully saturated rings. The van der Waals surface area contributed by atoms with Gasteiger partial charge in [-0.25, -0.2) is 0 Å². The Balaban J connectivity index is 2.40. The van der Waals surface area contributed by atoms with Gasteiger partial charge >= 0.3 is 0 Å². The van der Waals surface area contributed by atoms with Gasteiger partial charge in [-0.2, -0.15) is 0 Å². The molecule has 2 atom stereocenters. The van der Waals surface area contributed by atoms with Crippen molar-refractivity contribution < 1.29 is 5.11 Å². The van der Waals surface area contributed by atoms with Crippen LogP contribution in [0.15, 0.2) is 30.3 Å². The lowest BCUT2D eigenvalue weighted by Gasteiger charge is -2.24. The Kier molecular flexibility index (Phi) is 6.23. The number of aliphatic hydroxyl groups is 1. The van der Waals surface area contributed by atoms with E-state index in [1.807, 2.05) is 30.3 Å². The van der Waals surface area contributed by atoms with E-state index in [4.69, 9.17) is 0 Å². The Morgan fingerprint density at radius 1 is 1.12 bits per heavy atom. The minimum atomic E-state index is -0.409. The van der Waals surface area contributed by atoms with Crippen molar-refractivity contribution >= 4 is 0 Å². The predicted octanol–water partition coefficient (Wildman–Crippen LogP) is 3.13. The van der Waals surface area contributed by atoms with Crippen LogP contribution in [0.4, 0.5) is 0 Å². The zero-order valence-corrected chi connectivity index (χ0v) is 11.2. The first-order valence-corrected chi connectivity index (χ1v) is 6.65. The largest absolute Gasteiger partial charge is 0.387 e. The molecule has 96 valence electrons. The Bertz CT molecular complexity index is 295. The first-order valence-electron chi connectivity index (χ1n) is 6.65. The molecule has 1 aromatic carbocycles. The van der Waals surface area contributed by atoms with E-state index in [2.05, 4.69) is 26.1 Å². The number of hydrogen-bond acceptors (Lipinski definition) is 2. The van der Waals surface area contributed by atoms with Gasteiger partial charge in [0.05, 0.1) is 6.10 Å². The molecule has 2 N–H and O–H groups in total. The molecule has 17 heavy (non-hydrogen) atoms. The highest BCUT2D eigenvalue weighted by Crippen LogP contribution is 2.15. The lowest BCUT2D eigenvalue weighted by atomic mass is 9.95. The van der Waals surface area contributed by atoms with Crippen molar-refractivity contribution in [2.45, 2.75) is 45.8 Å². The van der Waals surface area contributed by atoms with Gasteiger partial charge in [0.25, 0.3) is 0 Å². The van der Waals surface area contributed by atoms with Gasteiger partial charge in [0, 0.05) is 12.6 Å². The zero-order chi connectivity index (χ0) is 12.7. The summed E-state index contributed by atoms with van der Waals surface area (Å²) in [5.41, 5.74) is 0.983. The van der Waals surface area contributed by atoms with Crippen molar-refractivity contribution in [3.05, 3.63) is 35.9 Å². The summed E-state index contributed by atoms with van der Waals surface area (Å²) in [7, 11) is 0. The minimum Gasteiger partial charge on any atom is -0.387 e. The maximum atomic E-state index is 10.0. The van der Waals surface area contributed by atoms with Crippen LogP contribution in [0.3, 0.4) is 0 Å². The fourth-order valence-electron chi connectivity index (χ4n) is 2.25. The van der Waals surface area contributed by atoms with Crippen LogP contribution >= 0.6 is 0 Å². The Hall–Kier alpha value is -0.860. The van der Waals surface area contributed by atoms with E-state index in [1.165, 1.54) is 12.8 Å². The second-order valence-corrected chi connectivity index (χ2v) is 4.70.